The fourth-order valence-electron chi connectivity index (χ4n) is 4.47. The molecule has 3 rings (SSSR count). The molecule has 0 aliphatic heterocycles. The van der Waals surface area contributed by atoms with Gasteiger partial charge >= 0.3 is 0 Å². The van der Waals surface area contributed by atoms with Crippen LogP contribution in [0, 0.1) is 0 Å². The number of allylic oxidation sites excluding steroid dienone is 2. The van der Waals surface area contributed by atoms with Crippen molar-refractivity contribution in [2.75, 3.05) is 7.11 Å². The van der Waals surface area contributed by atoms with Crippen LogP contribution in [-0.4, -0.2) is 17.2 Å². The minimum atomic E-state index is 0.891. The first-order valence-electron chi connectivity index (χ1n) is 14.1. The van der Waals surface area contributed by atoms with E-state index in [4.69, 9.17) is 10.1 Å². The average Bonchev–Trinajstić information content (AvgIpc) is 2.97. The molecule has 0 saturated carbocycles. The van der Waals surface area contributed by atoms with Gasteiger partial charge < -0.3 is 5.11 Å². The highest BCUT2D eigenvalue weighted by molar-refractivity contribution is 5.83. The number of aryl methyl sites for hydroxylation is 1. The number of aliphatic hydroxyl groups excluding tert-OH is 1. The normalized spacial score (nSPS) is 10.3. The summed E-state index contributed by atoms with van der Waals surface area (Å²) < 4.78 is 0. The Labute approximate surface area is 232 Å². The van der Waals surface area contributed by atoms with Crippen molar-refractivity contribution >= 4 is 17.7 Å². The van der Waals surface area contributed by atoms with Crippen molar-refractivity contribution in [3.63, 3.8) is 0 Å². The lowest BCUT2D eigenvalue weighted by Gasteiger charge is -2.19. The number of unbranched alkanes of at least 4 members (excludes halogenated alkanes) is 3. The Hall–Kier alpha value is -3.23. The summed E-state index contributed by atoms with van der Waals surface area (Å²) in [5, 5.41) is 7.00. The quantitative estimate of drug-likeness (QED) is 0.275. The number of aromatic nitrogens is 1. The van der Waals surface area contributed by atoms with Gasteiger partial charge in [0.05, 0.1) is 11.4 Å². The second-order valence-corrected chi connectivity index (χ2v) is 9.29. The van der Waals surface area contributed by atoms with E-state index in [1.54, 1.807) is 0 Å². The SMILES string of the molecule is C=Cc1c(/C=C\C)nc(-c2ccc(-c3ccc(CC)cc3)cc2)c(CC)c1C(=C)C.CCCCCC.CO. The first kappa shape index (κ1) is 32.8. The van der Waals surface area contributed by atoms with E-state index < -0.39 is 0 Å². The van der Waals surface area contributed by atoms with Crippen molar-refractivity contribution in [1.82, 2.24) is 4.98 Å². The van der Waals surface area contributed by atoms with Crippen molar-refractivity contribution in [3.05, 3.63) is 95.7 Å². The summed E-state index contributed by atoms with van der Waals surface area (Å²) in [5.41, 5.74) is 11.4. The van der Waals surface area contributed by atoms with Gasteiger partial charge in [0.2, 0.25) is 0 Å². The predicted molar refractivity (Wildman–Crippen MR) is 171 cm³/mol. The van der Waals surface area contributed by atoms with Crippen LogP contribution in [0.2, 0.25) is 0 Å². The molecule has 0 unspecified atom stereocenters. The highest BCUT2D eigenvalue weighted by Crippen LogP contribution is 2.34. The fourth-order valence-corrected chi connectivity index (χ4v) is 4.47. The van der Waals surface area contributed by atoms with Crippen molar-refractivity contribution in [3.8, 4) is 22.4 Å². The van der Waals surface area contributed by atoms with Gasteiger partial charge in [-0.15, -0.1) is 0 Å². The topological polar surface area (TPSA) is 33.1 Å². The van der Waals surface area contributed by atoms with Crippen molar-refractivity contribution < 1.29 is 5.11 Å². The third kappa shape index (κ3) is 8.96. The van der Waals surface area contributed by atoms with Crippen LogP contribution >= 0.6 is 0 Å². The van der Waals surface area contributed by atoms with Gasteiger partial charge in [-0.25, -0.2) is 4.98 Å². The number of rotatable bonds is 10. The molecule has 38 heavy (non-hydrogen) atoms. The first-order valence-corrected chi connectivity index (χ1v) is 14.1. The average molecular weight is 512 g/mol. The van der Waals surface area contributed by atoms with E-state index in [1.165, 1.54) is 53.5 Å². The molecular weight excluding hydrogens is 462 g/mol. The lowest BCUT2D eigenvalue weighted by molar-refractivity contribution is 0.399. The lowest BCUT2D eigenvalue weighted by atomic mass is 9.89. The number of aliphatic hydroxyl groups is 1. The molecule has 0 atom stereocenters. The Morgan fingerprint density at radius 3 is 1.71 bits per heavy atom. The molecule has 1 aromatic heterocycles. The Morgan fingerprint density at radius 1 is 0.816 bits per heavy atom. The molecule has 0 radical (unpaired) electrons. The summed E-state index contributed by atoms with van der Waals surface area (Å²) in [6.07, 6.45) is 13.5. The van der Waals surface area contributed by atoms with Gasteiger partial charge in [-0.3, -0.25) is 0 Å². The molecule has 0 aliphatic rings. The zero-order chi connectivity index (χ0) is 28.5. The number of hydrogen-bond acceptors (Lipinski definition) is 2. The van der Waals surface area contributed by atoms with Gasteiger partial charge in [0.15, 0.2) is 0 Å². The van der Waals surface area contributed by atoms with Crippen LogP contribution in [0.4, 0.5) is 0 Å². The van der Waals surface area contributed by atoms with E-state index in [0.29, 0.717) is 0 Å². The molecule has 0 spiro atoms. The van der Waals surface area contributed by atoms with Crippen molar-refractivity contribution in [2.45, 2.75) is 80.1 Å². The summed E-state index contributed by atoms with van der Waals surface area (Å²) in [5.74, 6) is 0. The van der Waals surface area contributed by atoms with E-state index in [0.717, 1.165) is 48.0 Å². The first-order chi connectivity index (χ1) is 18.4. The van der Waals surface area contributed by atoms with Crippen molar-refractivity contribution in [1.29, 1.82) is 0 Å². The van der Waals surface area contributed by atoms with E-state index >= 15 is 0 Å². The van der Waals surface area contributed by atoms with Crippen LogP contribution in [0.1, 0.15) is 95.2 Å². The highest BCUT2D eigenvalue weighted by Gasteiger charge is 2.17. The van der Waals surface area contributed by atoms with E-state index in [-0.39, 0.29) is 0 Å². The van der Waals surface area contributed by atoms with Crippen LogP contribution in [-0.2, 0) is 12.8 Å². The molecule has 0 saturated heterocycles. The van der Waals surface area contributed by atoms with Gasteiger partial charge in [-0.2, -0.15) is 0 Å². The van der Waals surface area contributed by atoms with Gasteiger partial charge in [-0.05, 0) is 60.6 Å². The van der Waals surface area contributed by atoms with Crippen LogP contribution in [0.25, 0.3) is 40.1 Å². The van der Waals surface area contributed by atoms with Crippen LogP contribution in [0.15, 0.2) is 67.8 Å². The summed E-state index contributed by atoms with van der Waals surface area (Å²) in [4.78, 5) is 5.04. The largest absolute Gasteiger partial charge is 0.400 e. The molecule has 0 bridgehead atoms. The van der Waals surface area contributed by atoms with Gasteiger partial charge in [-0.1, -0.05) is 133 Å². The molecule has 0 fully saturated rings. The maximum absolute atomic E-state index is 7.00. The molecule has 2 nitrogen and oxygen atoms in total. The third-order valence-electron chi connectivity index (χ3n) is 6.49. The van der Waals surface area contributed by atoms with Crippen LogP contribution in [0.3, 0.4) is 0 Å². The smallest absolute Gasteiger partial charge is 0.0747 e. The monoisotopic (exact) mass is 511 g/mol. The number of pyridine rings is 1. The summed E-state index contributed by atoms with van der Waals surface area (Å²) in [6, 6.07) is 17.5. The maximum Gasteiger partial charge on any atom is 0.0747 e. The molecule has 0 aliphatic carbocycles. The molecule has 204 valence electrons. The molecule has 2 heteroatoms. The number of benzene rings is 2. The minimum absolute atomic E-state index is 0.891. The Bertz CT molecular complexity index is 1150. The Morgan fingerprint density at radius 2 is 1.32 bits per heavy atom. The summed E-state index contributed by atoms with van der Waals surface area (Å²) >= 11 is 0. The molecule has 1 heterocycles. The van der Waals surface area contributed by atoms with Gasteiger partial charge in [0.25, 0.3) is 0 Å². The van der Waals surface area contributed by atoms with Crippen LogP contribution in [0.5, 0.6) is 0 Å². The van der Waals surface area contributed by atoms with E-state index in [2.05, 4.69) is 102 Å². The Kier molecular flexibility index (Phi) is 15.6. The van der Waals surface area contributed by atoms with Crippen molar-refractivity contribution in [2.24, 2.45) is 0 Å². The molecular formula is C36H49NO. The minimum Gasteiger partial charge on any atom is -0.400 e. The number of nitrogens with zero attached hydrogens (tertiary/aromatic N) is 1. The zero-order valence-electron chi connectivity index (χ0n) is 24.9. The van der Waals surface area contributed by atoms with E-state index in [9.17, 15) is 0 Å². The zero-order valence-corrected chi connectivity index (χ0v) is 24.9. The molecule has 2 aromatic carbocycles. The van der Waals surface area contributed by atoms with E-state index in [1.807, 2.05) is 19.1 Å². The third-order valence-corrected chi connectivity index (χ3v) is 6.49. The second-order valence-electron chi connectivity index (χ2n) is 9.29. The predicted octanol–water partition coefficient (Wildman–Crippen LogP) is 10.4. The fraction of sp³-hybridized carbons (Fsp3) is 0.361. The van der Waals surface area contributed by atoms with Gasteiger partial charge in [0, 0.05) is 18.2 Å². The molecule has 3 aromatic rings. The van der Waals surface area contributed by atoms with Crippen LogP contribution < -0.4 is 0 Å². The Balaban J connectivity index is 0.000000795. The second kappa shape index (κ2) is 18.1. The van der Waals surface area contributed by atoms with Gasteiger partial charge in [0.1, 0.15) is 0 Å². The number of hydrogen-bond donors (Lipinski definition) is 1. The lowest BCUT2D eigenvalue weighted by Crippen LogP contribution is -2.04. The molecule has 0 amide bonds. The summed E-state index contributed by atoms with van der Waals surface area (Å²) in [7, 11) is 1.00. The molecule has 1 N–H and O–H groups in total. The summed E-state index contributed by atoms with van der Waals surface area (Å²) in [6.45, 7) is 21.2. The maximum atomic E-state index is 7.00. The standard InChI is InChI=1S/C29H31N.C6H14.CH4O/c1-7-11-27-25(9-3)28(20(5)6)26(10-4)29(30-27)24-18-16-23(17-19-24)22-14-12-21(8-2)13-15-22;1-3-5-6-4-2;1-2/h7,9,11-19H,3,5,8,10H2,1-2,4,6H3;3-6H2,1-2H3;2H,1H3/b11-7-;;. The highest BCUT2D eigenvalue weighted by atomic mass is 16.2.